The molecule has 6 nitrogen and oxygen atoms in total. The normalized spacial score (nSPS) is 14.8. The van der Waals surface area contributed by atoms with E-state index in [1.807, 2.05) is 0 Å². The van der Waals surface area contributed by atoms with Gasteiger partial charge in [0.2, 0.25) is 0 Å². The van der Waals surface area contributed by atoms with Crippen molar-refractivity contribution in [2.24, 2.45) is 0 Å². The lowest BCUT2D eigenvalue weighted by atomic mass is 10.1. The first-order valence-corrected chi connectivity index (χ1v) is 9.06. The number of nitrogens with zero attached hydrogens (tertiary/aromatic N) is 4. The standard InChI is InChI=1S/C19H13ClF4N4O2/c1-10(21)17(29)26-8-13(9-26)28-16-14(6-7-15(20)25-16)27(18(28)30)12-4-2-11(3-5-12)19(22,23)24/h2-7,13H,1,8-9H2. The number of rotatable bonds is 3. The fourth-order valence-electron chi connectivity index (χ4n) is 3.41. The van der Waals surface area contributed by atoms with Crippen molar-refractivity contribution < 1.29 is 22.4 Å². The van der Waals surface area contributed by atoms with Gasteiger partial charge in [0.25, 0.3) is 5.91 Å². The molecule has 1 aliphatic rings. The summed E-state index contributed by atoms with van der Waals surface area (Å²) in [7, 11) is 0. The molecule has 4 rings (SSSR count). The van der Waals surface area contributed by atoms with E-state index in [0.29, 0.717) is 5.52 Å². The van der Waals surface area contributed by atoms with E-state index in [4.69, 9.17) is 11.6 Å². The molecule has 2 aromatic heterocycles. The number of likely N-dealkylation sites (tertiary alicyclic amines) is 1. The van der Waals surface area contributed by atoms with Crippen LogP contribution in [0.2, 0.25) is 5.15 Å². The van der Waals surface area contributed by atoms with Crippen LogP contribution < -0.4 is 5.69 Å². The predicted molar refractivity (Wildman–Crippen MR) is 101 cm³/mol. The van der Waals surface area contributed by atoms with Gasteiger partial charge in [0.05, 0.1) is 22.8 Å². The second kappa shape index (κ2) is 6.98. The molecule has 156 valence electrons. The molecule has 1 saturated heterocycles. The molecule has 0 bridgehead atoms. The van der Waals surface area contributed by atoms with Gasteiger partial charge in [-0.25, -0.2) is 14.2 Å². The molecule has 0 aliphatic carbocycles. The zero-order chi connectivity index (χ0) is 21.8. The number of carbonyl (C=O) groups excluding carboxylic acids is 1. The van der Waals surface area contributed by atoms with Crippen LogP contribution in [-0.4, -0.2) is 38.0 Å². The SMILES string of the molecule is C=C(F)C(=O)N1CC(n2c(=O)n(-c3ccc(C(F)(F)F)cc3)c3ccc(Cl)nc32)C1. The van der Waals surface area contributed by atoms with Crippen molar-refractivity contribution in [2.75, 3.05) is 13.1 Å². The van der Waals surface area contributed by atoms with E-state index in [2.05, 4.69) is 11.6 Å². The van der Waals surface area contributed by atoms with Crippen molar-refractivity contribution in [1.82, 2.24) is 19.0 Å². The quantitative estimate of drug-likeness (QED) is 0.354. The van der Waals surface area contributed by atoms with E-state index in [-0.39, 0.29) is 29.6 Å². The highest BCUT2D eigenvalue weighted by Gasteiger charge is 2.36. The number of amides is 1. The molecule has 0 radical (unpaired) electrons. The molecule has 1 aliphatic heterocycles. The molecule has 0 saturated carbocycles. The fraction of sp³-hybridized carbons (Fsp3) is 0.211. The first-order valence-electron chi connectivity index (χ1n) is 8.68. The Labute approximate surface area is 171 Å². The number of carbonyl (C=O) groups is 1. The fourth-order valence-corrected chi connectivity index (χ4v) is 3.55. The van der Waals surface area contributed by atoms with Crippen LogP contribution in [0.15, 0.2) is 53.6 Å². The number of alkyl halides is 3. The second-order valence-corrected chi connectivity index (χ2v) is 7.17. The molecule has 1 amide bonds. The third-order valence-corrected chi connectivity index (χ3v) is 5.10. The van der Waals surface area contributed by atoms with Gasteiger partial charge >= 0.3 is 11.9 Å². The van der Waals surface area contributed by atoms with Gasteiger partial charge in [0, 0.05) is 13.1 Å². The van der Waals surface area contributed by atoms with Crippen LogP contribution in [0.4, 0.5) is 17.6 Å². The van der Waals surface area contributed by atoms with Gasteiger partial charge in [-0.2, -0.15) is 13.2 Å². The van der Waals surface area contributed by atoms with Crippen molar-refractivity contribution in [3.05, 3.63) is 70.0 Å². The summed E-state index contributed by atoms with van der Waals surface area (Å²) >= 11 is 5.97. The molecule has 0 unspecified atom stereocenters. The van der Waals surface area contributed by atoms with E-state index in [1.165, 1.54) is 38.3 Å². The van der Waals surface area contributed by atoms with E-state index in [1.54, 1.807) is 0 Å². The molecule has 0 atom stereocenters. The number of imidazole rings is 1. The Bertz CT molecular complexity index is 1220. The number of pyridine rings is 1. The zero-order valence-corrected chi connectivity index (χ0v) is 15.9. The van der Waals surface area contributed by atoms with Gasteiger partial charge < -0.3 is 4.90 Å². The molecule has 0 spiro atoms. The number of hydrogen-bond donors (Lipinski definition) is 0. The van der Waals surface area contributed by atoms with Gasteiger partial charge in [-0.1, -0.05) is 18.2 Å². The lowest BCUT2D eigenvalue weighted by Crippen LogP contribution is -2.52. The minimum Gasteiger partial charge on any atom is -0.332 e. The second-order valence-electron chi connectivity index (χ2n) is 6.78. The number of fused-ring (bicyclic) bond motifs is 1. The molecule has 3 aromatic rings. The average molecular weight is 441 g/mol. The van der Waals surface area contributed by atoms with Gasteiger partial charge in [0.15, 0.2) is 11.5 Å². The summed E-state index contributed by atoms with van der Waals surface area (Å²) in [4.78, 5) is 30.2. The Morgan fingerprint density at radius 1 is 1.13 bits per heavy atom. The largest absolute Gasteiger partial charge is 0.416 e. The van der Waals surface area contributed by atoms with Crippen molar-refractivity contribution in [1.29, 1.82) is 0 Å². The van der Waals surface area contributed by atoms with Crippen LogP contribution in [0.3, 0.4) is 0 Å². The number of halogens is 5. The molecule has 1 fully saturated rings. The van der Waals surface area contributed by atoms with Crippen molar-refractivity contribution >= 4 is 28.7 Å². The highest BCUT2D eigenvalue weighted by Crippen LogP contribution is 2.31. The summed E-state index contributed by atoms with van der Waals surface area (Å²) in [6.45, 7) is 3.08. The Morgan fingerprint density at radius 3 is 2.33 bits per heavy atom. The summed E-state index contributed by atoms with van der Waals surface area (Å²) in [5.74, 6) is -1.97. The maximum atomic E-state index is 13.2. The van der Waals surface area contributed by atoms with Gasteiger partial charge in [-0.05, 0) is 36.4 Å². The van der Waals surface area contributed by atoms with Crippen LogP contribution in [0, 0.1) is 0 Å². The van der Waals surface area contributed by atoms with Crippen LogP contribution in [0.1, 0.15) is 11.6 Å². The van der Waals surface area contributed by atoms with Crippen molar-refractivity contribution in [3.8, 4) is 5.69 Å². The Balaban J connectivity index is 1.79. The van der Waals surface area contributed by atoms with Gasteiger partial charge in [-0.3, -0.25) is 13.9 Å². The predicted octanol–water partition coefficient (Wildman–Crippen LogP) is 3.73. The van der Waals surface area contributed by atoms with E-state index in [0.717, 1.165) is 12.1 Å². The average Bonchev–Trinajstić information content (AvgIpc) is 2.91. The molecule has 3 heterocycles. The van der Waals surface area contributed by atoms with Crippen LogP contribution in [0.25, 0.3) is 16.9 Å². The number of benzene rings is 1. The zero-order valence-electron chi connectivity index (χ0n) is 15.2. The Kier molecular flexibility index (Phi) is 4.69. The maximum absolute atomic E-state index is 13.2. The molecular formula is C19H13ClF4N4O2. The summed E-state index contributed by atoms with van der Waals surface area (Å²) in [6, 6.07) is 6.63. The highest BCUT2D eigenvalue weighted by atomic mass is 35.5. The smallest absolute Gasteiger partial charge is 0.332 e. The first-order chi connectivity index (χ1) is 14.1. The lowest BCUT2D eigenvalue weighted by molar-refractivity contribution is -0.137. The first kappa shape index (κ1) is 20.1. The minimum atomic E-state index is -4.51. The Hall–Kier alpha value is -3.14. The minimum absolute atomic E-state index is 0.0575. The molecule has 11 heteroatoms. The van der Waals surface area contributed by atoms with Crippen LogP contribution in [0.5, 0.6) is 0 Å². The number of hydrogen-bond acceptors (Lipinski definition) is 3. The third-order valence-electron chi connectivity index (χ3n) is 4.89. The van der Waals surface area contributed by atoms with Crippen LogP contribution in [-0.2, 0) is 11.0 Å². The Morgan fingerprint density at radius 2 is 1.77 bits per heavy atom. The molecule has 0 N–H and O–H groups in total. The van der Waals surface area contributed by atoms with Crippen molar-refractivity contribution in [2.45, 2.75) is 12.2 Å². The molecule has 1 aromatic carbocycles. The van der Waals surface area contributed by atoms with E-state index >= 15 is 0 Å². The van der Waals surface area contributed by atoms with Crippen molar-refractivity contribution in [3.63, 3.8) is 0 Å². The maximum Gasteiger partial charge on any atom is 0.416 e. The summed E-state index contributed by atoms with van der Waals surface area (Å²) in [5, 5.41) is 0.116. The van der Waals surface area contributed by atoms with Gasteiger partial charge in [-0.15, -0.1) is 0 Å². The summed E-state index contributed by atoms with van der Waals surface area (Å²) in [6.07, 6.45) is -4.51. The topological polar surface area (TPSA) is 60.1 Å². The van der Waals surface area contributed by atoms with E-state index < -0.39 is 35.2 Å². The van der Waals surface area contributed by atoms with Gasteiger partial charge in [0.1, 0.15) is 5.15 Å². The lowest BCUT2D eigenvalue weighted by Gasteiger charge is -2.39. The third kappa shape index (κ3) is 3.26. The summed E-state index contributed by atoms with van der Waals surface area (Å²) in [5.41, 5.74) is -0.642. The summed E-state index contributed by atoms with van der Waals surface area (Å²) < 4.78 is 54.2. The monoisotopic (exact) mass is 440 g/mol. The molecular weight excluding hydrogens is 428 g/mol. The number of aromatic nitrogens is 3. The molecule has 30 heavy (non-hydrogen) atoms. The highest BCUT2D eigenvalue weighted by molar-refractivity contribution is 6.29. The van der Waals surface area contributed by atoms with E-state index in [9.17, 15) is 27.2 Å². The van der Waals surface area contributed by atoms with Crippen LogP contribution >= 0.6 is 11.6 Å².